The number of aromatic nitrogens is 3. The number of carbonyl (C=O) groups excluding carboxylic acids is 1. The highest BCUT2D eigenvalue weighted by Crippen LogP contribution is 2.28. The maximum absolute atomic E-state index is 13.0. The topological polar surface area (TPSA) is 59.8 Å². The highest BCUT2D eigenvalue weighted by atomic mass is 32.2. The van der Waals surface area contributed by atoms with E-state index in [0.29, 0.717) is 10.8 Å². The standard InChI is InChI=1S/C21H23FN4OS/c1-4-12-26-19(16-7-5-6-14(2)13-16)24-25-21(26)28-15(3)20(27)23-18-10-8-17(22)9-11-18/h5-11,13,15H,4,12H2,1-3H3,(H,23,27)/t15-/m0/s1. The number of nitrogens with zero attached hydrogens (tertiary/aromatic N) is 3. The van der Waals surface area contributed by atoms with E-state index in [0.717, 1.165) is 29.9 Å². The average molecular weight is 399 g/mol. The maximum atomic E-state index is 13.0. The first kappa shape index (κ1) is 20.1. The molecule has 2 aromatic carbocycles. The van der Waals surface area contributed by atoms with Crippen LogP contribution < -0.4 is 5.32 Å². The van der Waals surface area contributed by atoms with E-state index in [9.17, 15) is 9.18 Å². The van der Waals surface area contributed by atoms with Crippen LogP contribution in [0.4, 0.5) is 10.1 Å². The predicted molar refractivity (Wildman–Crippen MR) is 111 cm³/mol. The number of hydrogen-bond acceptors (Lipinski definition) is 4. The molecule has 1 atom stereocenters. The van der Waals surface area contributed by atoms with Crippen LogP contribution in [0.25, 0.3) is 11.4 Å². The van der Waals surface area contributed by atoms with Gasteiger partial charge in [-0.2, -0.15) is 0 Å². The lowest BCUT2D eigenvalue weighted by atomic mass is 10.1. The van der Waals surface area contributed by atoms with E-state index in [4.69, 9.17) is 0 Å². The average Bonchev–Trinajstić information content (AvgIpc) is 3.06. The summed E-state index contributed by atoms with van der Waals surface area (Å²) in [5.74, 6) is 0.302. The summed E-state index contributed by atoms with van der Waals surface area (Å²) in [6.45, 7) is 6.73. The van der Waals surface area contributed by atoms with Crippen LogP contribution in [0, 0.1) is 12.7 Å². The maximum Gasteiger partial charge on any atom is 0.237 e. The number of aryl methyl sites for hydroxylation is 1. The molecule has 28 heavy (non-hydrogen) atoms. The SMILES string of the molecule is CCCn1c(S[C@@H](C)C(=O)Nc2ccc(F)cc2)nnc1-c1cccc(C)c1. The van der Waals surface area contributed by atoms with Crippen molar-refractivity contribution in [1.29, 1.82) is 0 Å². The third kappa shape index (κ3) is 4.78. The lowest BCUT2D eigenvalue weighted by molar-refractivity contribution is -0.115. The number of benzene rings is 2. The van der Waals surface area contributed by atoms with Crippen LogP contribution in [0.15, 0.2) is 53.7 Å². The molecule has 0 radical (unpaired) electrons. The van der Waals surface area contributed by atoms with Gasteiger partial charge in [0.05, 0.1) is 5.25 Å². The Bertz CT molecular complexity index is 955. The van der Waals surface area contributed by atoms with Crippen LogP contribution in [0.5, 0.6) is 0 Å². The summed E-state index contributed by atoms with van der Waals surface area (Å²) in [7, 11) is 0. The normalized spacial score (nSPS) is 12.0. The summed E-state index contributed by atoms with van der Waals surface area (Å²) >= 11 is 1.36. The number of carbonyl (C=O) groups is 1. The quantitative estimate of drug-likeness (QED) is 0.574. The Labute approximate surface area is 168 Å². The fraction of sp³-hybridized carbons (Fsp3) is 0.286. The monoisotopic (exact) mass is 398 g/mol. The molecule has 0 unspecified atom stereocenters. The van der Waals surface area contributed by atoms with E-state index >= 15 is 0 Å². The molecule has 1 N–H and O–H groups in total. The first-order chi connectivity index (χ1) is 13.5. The molecule has 0 spiro atoms. The largest absolute Gasteiger partial charge is 0.325 e. The number of nitrogens with one attached hydrogen (secondary N) is 1. The van der Waals surface area contributed by atoms with Gasteiger partial charge in [0.2, 0.25) is 5.91 Å². The van der Waals surface area contributed by atoms with Gasteiger partial charge in [0.1, 0.15) is 5.82 Å². The van der Waals surface area contributed by atoms with E-state index in [1.807, 2.05) is 32.0 Å². The second kappa shape index (κ2) is 9.01. The zero-order valence-electron chi connectivity index (χ0n) is 16.1. The van der Waals surface area contributed by atoms with Gasteiger partial charge in [-0.15, -0.1) is 10.2 Å². The Hall–Kier alpha value is -2.67. The molecular weight excluding hydrogens is 375 g/mol. The third-order valence-electron chi connectivity index (χ3n) is 4.20. The lowest BCUT2D eigenvalue weighted by Gasteiger charge is -2.13. The zero-order chi connectivity index (χ0) is 20.1. The molecular formula is C21H23FN4OS. The van der Waals surface area contributed by atoms with Crippen LogP contribution >= 0.6 is 11.8 Å². The molecule has 146 valence electrons. The minimum absolute atomic E-state index is 0.167. The van der Waals surface area contributed by atoms with Crippen LogP contribution in [-0.2, 0) is 11.3 Å². The van der Waals surface area contributed by atoms with Gasteiger partial charge < -0.3 is 9.88 Å². The fourth-order valence-corrected chi connectivity index (χ4v) is 3.66. The molecule has 0 bridgehead atoms. The van der Waals surface area contributed by atoms with Gasteiger partial charge in [-0.3, -0.25) is 4.79 Å². The van der Waals surface area contributed by atoms with Crippen molar-refractivity contribution in [1.82, 2.24) is 14.8 Å². The summed E-state index contributed by atoms with van der Waals surface area (Å²) < 4.78 is 15.1. The van der Waals surface area contributed by atoms with Crippen LogP contribution in [0.1, 0.15) is 25.8 Å². The van der Waals surface area contributed by atoms with Crippen molar-refractivity contribution in [2.75, 3.05) is 5.32 Å². The van der Waals surface area contributed by atoms with Crippen molar-refractivity contribution >= 4 is 23.4 Å². The van der Waals surface area contributed by atoms with Gasteiger partial charge in [-0.25, -0.2) is 4.39 Å². The molecule has 1 amide bonds. The molecule has 5 nitrogen and oxygen atoms in total. The number of hydrogen-bond donors (Lipinski definition) is 1. The molecule has 3 rings (SSSR count). The molecule has 0 fully saturated rings. The van der Waals surface area contributed by atoms with Crippen molar-refractivity contribution in [3.05, 3.63) is 59.9 Å². The summed E-state index contributed by atoms with van der Waals surface area (Å²) in [5.41, 5.74) is 2.73. The van der Waals surface area contributed by atoms with E-state index in [1.165, 1.54) is 23.9 Å². The Morgan fingerprint density at radius 2 is 1.96 bits per heavy atom. The molecule has 0 aliphatic rings. The predicted octanol–water partition coefficient (Wildman–Crippen LogP) is 4.92. The van der Waals surface area contributed by atoms with Gasteiger partial charge in [0.15, 0.2) is 11.0 Å². The zero-order valence-corrected chi connectivity index (χ0v) is 17.0. The molecule has 1 heterocycles. The van der Waals surface area contributed by atoms with Crippen molar-refractivity contribution in [2.45, 2.75) is 44.1 Å². The van der Waals surface area contributed by atoms with Crippen molar-refractivity contribution in [3.63, 3.8) is 0 Å². The second-order valence-corrected chi connectivity index (χ2v) is 7.89. The van der Waals surface area contributed by atoms with Crippen molar-refractivity contribution < 1.29 is 9.18 Å². The third-order valence-corrected chi connectivity index (χ3v) is 5.28. The highest BCUT2D eigenvalue weighted by molar-refractivity contribution is 8.00. The van der Waals surface area contributed by atoms with Crippen molar-refractivity contribution in [2.24, 2.45) is 0 Å². The smallest absolute Gasteiger partial charge is 0.237 e. The molecule has 3 aromatic rings. The number of anilines is 1. The molecule has 1 aromatic heterocycles. The van der Waals surface area contributed by atoms with E-state index in [-0.39, 0.29) is 17.0 Å². The summed E-state index contributed by atoms with van der Waals surface area (Å²) in [4.78, 5) is 12.5. The highest BCUT2D eigenvalue weighted by Gasteiger charge is 2.20. The van der Waals surface area contributed by atoms with Gasteiger partial charge in [-0.1, -0.05) is 42.4 Å². The molecule has 0 saturated carbocycles. The summed E-state index contributed by atoms with van der Waals surface area (Å²) in [6, 6.07) is 13.9. The fourth-order valence-electron chi connectivity index (χ4n) is 2.79. The molecule has 0 aliphatic heterocycles. The Morgan fingerprint density at radius 3 is 2.64 bits per heavy atom. The summed E-state index contributed by atoms with van der Waals surface area (Å²) in [5, 5.41) is 11.8. The van der Waals surface area contributed by atoms with E-state index < -0.39 is 0 Å². The number of rotatable bonds is 7. The first-order valence-corrected chi connectivity index (χ1v) is 10.1. The van der Waals surface area contributed by atoms with Gasteiger partial charge in [-0.05, 0) is 50.6 Å². The molecule has 0 aliphatic carbocycles. The van der Waals surface area contributed by atoms with Crippen LogP contribution in [0.3, 0.4) is 0 Å². The second-order valence-electron chi connectivity index (χ2n) is 6.58. The molecule has 0 saturated heterocycles. The lowest BCUT2D eigenvalue weighted by Crippen LogP contribution is -2.23. The Balaban J connectivity index is 1.77. The number of amides is 1. The van der Waals surface area contributed by atoms with Gasteiger partial charge >= 0.3 is 0 Å². The Kier molecular flexibility index (Phi) is 6.46. The number of thioether (sulfide) groups is 1. The molecule has 7 heteroatoms. The number of halogens is 1. The Morgan fingerprint density at radius 1 is 1.21 bits per heavy atom. The van der Waals surface area contributed by atoms with Gasteiger partial charge in [0, 0.05) is 17.8 Å². The minimum Gasteiger partial charge on any atom is -0.325 e. The first-order valence-electron chi connectivity index (χ1n) is 9.21. The summed E-state index contributed by atoms with van der Waals surface area (Å²) in [6.07, 6.45) is 0.931. The van der Waals surface area contributed by atoms with E-state index in [1.54, 1.807) is 12.1 Å². The van der Waals surface area contributed by atoms with Gasteiger partial charge in [0.25, 0.3) is 0 Å². The minimum atomic E-state index is -0.379. The van der Waals surface area contributed by atoms with E-state index in [2.05, 4.69) is 33.1 Å². The van der Waals surface area contributed by atoms with Crippen LogP contribution in [-0.4, -0.2) is 25.9 Å². The van der Waals surface area contributed by atoms with Crippen LogP contribution in [0.2, 0.25) is 0 Å². The van der Waals surface area contributed by atoms with Crippen molar-refractivity contribution in [3.8, 4) is 11.4 Å².